The summed E-state index contributed by atoms with van der Waals surface area (Å²) in [6, 6.07) is 8.18. The minimum atomic E-state index is 0.280. The normalized spacial score (nSPS) is 15.7. The molecule has 15 heavy (non-hydrogen) atoms. The van der Waals surface area contributed by atoms with Crippen LogP contribution in [0.4, 0.5) is 0 Å². The molecule has 0 radical (unpaired) electrons. The molecule has 1 aromatic rings. The number of likely N-dealkylation sites (tertiary alicyclic amines) is 1. The molecule has 1 aliphatic heterocycles. The highest BCUT2D eigenvalue weighted by molar-refractivity contribution is 5.78. The molecular weight excluding hydrogens is 186 g/mol. The predicted molar refractivity (Wildman–Crippen MR) is 61.2 cm³/mol. The second-order valence-corrected chi connectivity index (χ2v) is 3.86. The third-order valence-electron chi connectivity index (χ3n) is 2.76. The van der Waals surface area contributed by atoms with Crippen LogP contribution in [0.15, 0.2) is 30.8 Å². The van der Waals surface area contributed by atoms with Gasteiger partial charge in [-0.15, -0.1) is 0 Å². The van der Waals surface area contributed by atoms with E-state index in [9.17, 15) is 4.79 Å². The Balaban J connectivity index is 2.04. The Hall–Kier alpha value is -1.57. The van der Waals surface area contributed by atoms with E-state index in [4.69, 9.17) is 0 Å². The Labute approximate surface area is 90.2 Å². The first-order valence-corrected chi connectivity index (χ1v) is 5.29. The third-order valence-corrected chi connectivity index (χ3v) is 2.76. The zero-order valence-corrected chi connectivity index (χ0v) is 8.78. The number of carbonyl (C=O) groups is 1. The molecule has 0 spiro atoms. The van der Waals surface area contributed by atoms with Crippen molar-refractivity contribution in [3.63, 3.8) is 0 Å². The van der Waals surface area contributed by atoms with Gasteiger partial charge in [-0.3, -0.25) is 4.79 Å². The molecule has 0 aliphatic carbocycles. The molecule has 1 heterocycles. The van der Waals surface area contributed by atoms with Crippen molar-refractivity contribution in [1.29, 1.82) is 0 Å². The third kappa shape index (κ3) is 2.27. The summed E-state index contributed by atoms with van der Waals surface area (Å²) >= 11 is 0. The Bertz CT molecular complexity index is 367. The summed E-state index contributed by atoms with van der Waals surface area (Å²) in [5, 5.41) is 0. The number of nitrogens with zero attached hydrogens (tertiary/aromatic N) is 1. The zero-order valence-electron chi connectivity index (χ0n) is 8.78. The van der Waals surface area contributed by atoms with Gasteiger partial charge in [0.1, 0.15) is 0 Å². The molecule has 78 valence electrons. The van der Waals surface area contributed by atoms with Crippen molar-refractivity contribution >= 4 is 12.0 Å². The maximum absolute atomic E-state index is 11.4. The van der Waals surface area contributed by atoms with Crippen LogP contribution >= 0.6 is 0 Å². The fraction of sp³-hybridized carbons (Fsp3) is 0.308. The molecule has 1 fully saturated rings. The Morgan fingerprint density at radius 2 is 2.07 bits per heavy atom. The van der Waals surface area contributed by atoms with Crippen LogP contribution in [0, 0.1) is 0 Å². The predicted octanol–water partition coefficient (Wildman–Crippen LogP) is 2.45. The Kier molecular flexibility index (Phi) is 2.86. The van der Waals surface area contributed by atoms with Crippen molar-refractivity contribution in [2.24, 2.45) is 0 Å². The van der Waals surface area contributed by atoms with Crippen LogP contribution in [0.5, 0.6) is 0 Å². The first-order chi connectivity index (χ1) is 7.29. The van der Waals surface area contributed by atoms with Crippen molar-refractivity contribution in [1.82, 2.24) is 4.90 Å². The topological polar surface area (TPSA) is 20.3 Å². The largest absolute Gasteiger partial charge is 0.338 e. The Morgan fingerprint density at radius 3 is 2.60 bits per heavy atom. The van der Waals surface area contributed by atoms with Crippen molar-refractivity contribution in [3.05, 3.63) is 42.0 Å². The van der Waals surface area contributed by atoms with Crippen molar-refractivity contribution in [3.8, 4) is 0 Å². The summed E-state index contributed by atoms with van der Waals surface area (Å²) in [5.74, 6) is 0.280. The maximum Gasteiger partial charge on any atom is 0.222 e. The molecule has 1 saturated heterocycles. The lowest BCUT2D eigenvalue weighted by Crippen LogP contribution is -2.23. The van der Waals surface area contributed by atoms with Crippen molar-refractivity contribution < 1.29 is 4.79 Å². The molecule has 0 N–H and O–H groups in total. The van der Waals surface area contributed by atoms with E-state index in [2.05, 4.69) is 18.7 Å². The van der Waals surface area contributed by atoms with E-state index in [1.54, 1.807) is 0 Å². The number of amides is 1. The monoisotopic (exact) mass is 201 g/mol. The second-order valence-electron chi connectivity index (χ2n) is 3.86. The van der Waals surface area contributed by atoms with E-state index in [0.717, 1.165) is 25.1 Å². The highest BCUT2D eigenvalue weighted by Gasteiger charge is 2.19. The van der Waals surface area contributed by atoms with Gasteiger partial charge in [-0.1, -0.05) is 36.9 Å². The molecule has 0 aromatic heterocycles. The molecule has 1 aromatic carbocycles. The van der Waals surface area contributed by atoms with Gasteiger partial charge in [0, 0.05) is 19.5 Å². The highest BCUT2D eigenvalue weighted by atomic mass is 16.2. The summed E-state index contributed by atoms with van der Waals surface area (Å²) in [7, 11) is 0. The number of benzene rings is 1. The van der Waals surface area contributed by atoms with E-state index in [0.29, 0.717) is 6.42 Å². The lowest BCUT2D eigenvalue weighted by Gasteiger charge is -2.15. The van der Waals surface area contributed by atoms with Crippen LogP contribution in [-0.2, 0) is 11.3 Å². The van der Waals surface area contributed by atoms with Gasteiger partial charge in [-0.25, -0.2) is 0 Å². The number of carbonyl (C=O) groups excluding carboxylic acids is 1. The van der Waals surface area contributed by atoms with Gasteiger partial charge in [-0.05, 0) is 17.5 Å². The van der Waals surface area contributed by atoms with Crippen LogP contribution in [0.3, 0.4) is 0 Å². The molecule has 1 aliphatic rings. The molecule has 2 rings (SSSR count). The summed E-state index contributed by atoms with van der Waals surface area (Å²) in [6.45, 7) is 5.36. The molecule has 0 atom stereocenters. The molecular formula is C13H15NO. The van der Waals surface area contributed by atoms with Crippen molar-refractivity contribution in [2.45, 2.75) is 19.4 Å². The van der Waals surface area contributed by atoms with Gasteiger partial charge in [0.25, 0.3) is 0 Å². The smallest absolute Gasteiger partial charge is 0.222 e. The standard InChI is InChI=1S/C13H15NO/c1-2-11-5-7-12(8-6-11)10-14-9-3-4-13(14)15/h2,5-8H,1,3-4,9-10H2. The molecule has 0 bridgehead atoms. The summed E-state index contributed by atoms with van der Waals surface area (Å²) in [5.41, 5.74) is 2.31. The maximum atomic E-state index is 11.4. The molecule has 2 nitrogen and oxygen atoms in total. The number of rotatable bonds is 3. The van der Waals surface area contributed by atoms with E-state index in [1.807, 2.05) is 23.1 Å². The van der Waals surface area contributed by atoms with Crippen LogP contribution in [0.2, 0.25) is 0 Å². The Morgan fingerprint density at radius 1 is 1.33 bits per heavy atom. The van der Waals surface area contributed by atoms with Gasteiger partial charge < -0.3 is 4.90 Å². The lowest BCUT2D eigenvalue weighted by molar-refractivity contribution is -0.128. The van der Waals surface area contributed by atoms with Crippen molar-refractivity contribution in [2.75, 3.05) is 6.54 Å². The van der Waals surface area contributed by atoms with Crippen LogP contribution < -0.4 is 0 Å². The van der Waals surface area contributed by atoms with E-state index in [-0.39, 0.29) is 5.91 Å². The molecule has 0 unspecified atom stereocenters. The summed E-state index contributed by atoms with van der Waals surface area (Å²) in [4.78, 5) is 13.3. The van der Waals surface area contributed by atoms with Gasteiger partial charge in [-0.2, -0.15) is 0 Å². The van der Waals surface area contributed by atoms with Gasteiger partial charge in [0.15, 0.2) is 0 Å². The van der Waals surface area contributed by atoms with Crippen LogP contribution in [0.1, 0.15) is 24.0 Å². The lowest BCUT2D eigenvalue weighted by atomic mass is 10.1. The fourth-order valence-corrected chi connectivity index (χ4v) is 1.85. The quantitative estimate of drug-likeness (QED) is 0.735. The molecule has 0 saturated carbocycles. The van der Waals surface area contributed by atoms with Gasteiger partial charge in [0.05, 0.1) is 0 Å². The van der Waals surface area contributed by atoms with E-state index < -0.39 is 0 Å². The number of hydrogen-bond donors (Lipinski definition) is 0. The fourth-order valence-electron chi connectivity index (χ4n) is 1.85. The molecule has 1 amide bonds. The van der Waals surface area contributed by atoms with Crippen LogP contribution in [-0.4, -0.2) is 17.4 Å². The van der Waals surface area contributed by atoms with Gasteiger partial charge >= 0.3 is 0 Å². The second kappa shape index (κ2) is 4.30. The molecule has 2 heteroatoms. The minimum absolute atomic E-state index is 0.280. The highest BCUT2D eigenvalue weighted by Crippen LogP contribution is 2.14. The first kappa shape index (κ1) is 9.97. The average molecular weight is 201 g/mol. The van der Waals surface area contributed by atoms with Gasteiger partial charge in [0.2, 0.25) is 5.91 Å². The van der Waals surface area contributed by atoms with Crippen LogP contribution in [0.25, 0.3) is 6.08 Å². The SMILES string of the molecule is C=Cc1ccc(CN2CCCC2=O)cc1. The summed E-state index contributed by atoms with van der Waals surface area (Å²) in [6.07, 6.45) is 3.54. The first-order valence-electron chi connectivity index (χ1n) is 5.29. The van der Waals surface area contributed by atoms with E-state index in [1.165, 1.54) is 5.56 Å². The zero-order chi connectivity index (χ0) is 10.7. The number of hydrogen-bond acceptors (Lipinski definition) is 1. The average Bonchev–Trinajstić information content (AvgIpc) is 2.66. The van der Waals surface area contributed by atoms with E-state index >= 15 is 0 Å². The minimum Gasteiger partial charge on any atom is -0.338 e. The summed E-state index contributed by atoms with van der Waals surface area (Å²) < 4.78 is 0.